The van der Waals surface area contributed by atoms with Crippen LogP contribution in [0.1, 0.15) is 44.6 Å². The number of aromatic nitrogens is 1. The van der Waals surface area contributed by atoms with Crippen LogP contribution in [0.15, 0.2) is 66.7 Å². The molecule has 1 unspecified atom stereocenters. The highest BCUT2D eigenvalue weighted by molar-refractivity contribution is 6.09. The molecule has 4 aromatic rings. The summed E-state index contributed by atoms with van der Waals surface area (Å²) in [5.74, 6) is 1.33. The first-order valence-corrected chi connectivity index (χ1v) is 10.6. The normalized spacial score (nSPS) is 17.3. The maximum atomic E-state index is 6.40. The first kappa shape index (κ1) is 18.3. The average Bonchev–Trinajstić information content (AvgIpc) is 3.09. The van der Waals surface area contributed by atoms with E-state index in [1.54, 1.807) is 0 Å². The molecule has 2 heterocycles. The van der Waals surface area contributed by atoms with E-state index in [2.05, 4.69) is 85.1 Å². The molecule has 0 bridgehead atoms. The van der Waals surface area contributed by atoms with Crippen LogP contribution in [-0.4, -0.2) is 17.5 Å². The molecule has 148 valence electrons. The standard InChI is InChI=1S/C26H27NO2/c1-18(2)19-14-15-25(29-26-13-7-8-16-28-26)24(17-19)27-22-11-5-3-9-20(22)21-10-4-6-12-23(21)27/h3-6,9-12,14-15,17-18,26H,7-8,13,16H2,1-2H3. The van der Waals surface area contributed by atoms with E-state index in [1.807, 2.05) is 0 Å². The molecule has 3 nitrogen and oxygen atoms in total. The molecule has 29 heavy (non-hydrogen) atoms. The lowest BCUT2D eigenvalue weighted by atomic mass is 10.0. The maximum Gasteiger partial charge on any atom is 0.199 e. The van der Waals surface area contributed by atoms with Crippen LogP contribution < -0.4 is 4.74 Å². The molecule has 5 rings (SSSR count). The Morgan fingerprint density at radius 2 is 1.59 bits per heavy atom. The average molecular weight is 386 g/mol. The molecular weight excluding hydrogens is 358 g/mol. The van der Waals surface area contributed by atoms with E-state index >= 15 is 0 Å². The molecule has 3 heteroatoms. The van der Waals surface area contributed by atoms with E-state index in [9.17, 15) is 0 Å². The van der Waals surface area contributed by atoms with Gasteiger partial charge in [0.25, 0.3) is 0 Å². The van der Waals surface area contributed by atoms with Crippen LogP contribution in [-0.2, 0) is 4.74 Å². The summed E-state index contributed by atoms with van der Waals surface area (Å²) in [5, 5.41) is 2.52. The zero-order valence-corrected chi connectivity index (χ0v) is 17.1. The summed E-state index contributed by atoms with van der Waals surface area (Å²) in [4.78, 5) is 0. The van der Waals surface area contributed by atoms with E-state index in [-0.39, 0.29) is 6.29 Å². The summed E-state index contributed by atoms with van der Waals surface area (Å²) in [6.07, 6.45) is 3.05. The fourth-order valence-corrected chi connectivity index (χ4v) is 4.30. The van der Waals surface area contributed by atoms with Crippen LogP contribution in [0.25, 0.3) is 27.5 Å². The predicted octanol–water partition coefficient (Wildman–Crippen LogP) is 6.81. The van der Waals surface area contributed by atoms with Gasteiger partial charge in [0.2, 0.25) is 0 Å². The summed E-state index contributed by atoms with van der Waals surface area (Å²) in [5.41, 5.74) is 4.79. The summed E-state index contributed by atoms with van der Waals surface area (Å²) < 4.78 is 14.6. The van der Waals surface area contributed by atoms with E-state index in [0.29, 0.717) is 5.92 Å². The van der Waals surface area contributed by atoms with Gasteiger partial charge in [-0.3, -0.25) is 0 Å². The Morgan fingerprint density at radius 3 is 2.21 bits per heavy atom. The van der Waals surface area contributed by atoms with Gasteiger partial charge in [-0.15, -0.1) is 0 Å². The minimum atomic E-state index is -0.166. The zero-order valence-electron chi connectivity index (χ0n) is 17.1. The fraction of sp³-hybridized carbons (Fsp3) is 0.308. The SMILES string of the molecule is CC(C)c1ccc(OC2CCCCO2)c(-n2c3ccccc3c3ccccc32)c1. The molecule has 1 fully saturated rings. The molecule has 0 N–H and O–H groups in total. The summed E-state index contributed by atoms with van der Waals surface area (Å²) in [6.45, 7) is 5.24. The van der Waals surface area contributed by atoms with Crippen molar-refractivity contribution in [3.8, 4) is 11.4 Å². The molecule has 0 amide bonds. The van der Waals surface area contributed by atoms with Gasteiger partial charge in [0, 0.05) is 17.2 Å². The van der Waals surface area contributed by atoms with Crippen LogP contribution in [0.3, 0.4) is 0 Å². The molecule has 1 saturated heterocycles. The third-order valence-corrected chi connectivity index (χ3v) is 5.87. The highest BCUT2D eigenvalue weighted by atomic mass is 16.7. The van der Waals surface area contributed by atoms with Crippen molar-refractivity contribution < 1.29 is 9.47 Å². The van der Waals surface area contributed by atoms with Crippen LogP contribution >= 0.6 is 0 Å². The molecule has 1 aliphatic heterocycles. The maximum absolute atomic E-state index is 6.40. The molecule has 1 aromatic heterocycles. The Balaban J connectivity index is 1.74. The molecule has 0 spiro atoms. The molecule has 0 aliphatic carbocycles. The van der Waals surface area contributed by atoms with Crippen molar-refractivity contribution in [1.82, 2.24) is 4.57 Å². The number of para-hydroxylation sites is 2. The van der Waals surface area contributed by atoms with Gasteiger partial charge in [-0.25, -0.2) is 0 Å². The van der Waals surface area contributed by atoms with Crippen molar-refractivity contribution in [2.24, 2.45) is 0 Å². The van der Waals surface area contributed by atoms with Crippen LogP contribution in [0.2, 0.25) is 0 Å². The van der Waals surface area contributed by atoms with Gasteiger partial charge in [-0.1, -0.05) is 56.3 Å². The van der Waals surface area contributed by atoms with Crippen LogP contribution in [0.5, 0.6) is 5.75 Å². The number of rotatable bonds is 4. The first-order chi connectivity index (χ1) is 14.2. The van der Waals surface area contributed by atoms with Gasteiger partial charge in [0.1, 0.15) is 5.75 Å². The van der Waals surface area contributed by atoms with E-state index in [0.717, 1.165) is 37.3 Å². The van der Waals surface area contributed by atoms with Crippen molar-refractivity contribution in [3.63, 3.8) is 0 Å². The van der Waals surface area contributed by atoms with Gasteiger partial charge in [-0.05, 0) is 48.6 Å². The minimum Gasteiger partial charge on any atom is -0.463 e. The van der Waals surface area contributed by atoms with Gasteiger partial charge in [0.15, 0.2) is 6.29 Å². The third-order valence-electron chi connectivity index (χ3n) is 5.87. The Kier molecular flexibility index (Phi) is 4.76. The van der Waals surface area contributed by atoms with Crippen molar-refractivity contribution in [3.05, 3.63) is 72.3 Å². The lowest BCUT2D eigenvalue weighted by molar-refractivity contribution is -0.105. The second-order valence-corrected chi connectivity index (χ2v) is 8.17. The molecule has 1 aliphatic rings. The minimum absolute atomic E-state index is 0.166. The zero-order chi connectivity index (χ0) is 19.8. The Morgan fingerprint density at radius 1 is 0.897 bits per heavy atom. The second-order valence-electron chi connectivity index (χ2n) is 8.17. The summed E-state index contributed by atoms with van der Waals surface area (Å²) in [6, 6.07) is 23.8. The Hall–Kier alpha value is -2.78. The third kappa shape index (κ3) is 3.30. The fourth-order valence-electron chi connectivity index (χ4n) is 4.30. The molecular formula is C26H27NO2. The molecule has 0 radical (unpaired) electrons. The first-order valence-electron chi connectivity index (χ1n) is 10.6. The smallest absolute Gasteiger partial charge is 0.199 e. The van der Waals surface area contributed by atoms with Crippen molar-refractivity contribution in [1.29, 1.82) is 0 Å². The van der Waals surface area contributed by atoms with Gasteiger partial charge >= 0.3 is 0 Å². The monoisotopic (exact) mass is 385 g/mol. The lowest BCUT2D eigenvalue weighted by Crippen LogP contribution is -2.25. The Labute approximate surface area is 171 Å². The van der Waals surface area contributed by atoms with Crippen LogP contribution in [0.4, 0.5) is 0 Å². The number of ether oxygens (including phenoxy) is 2. The number of nitrogens with zero attached hydrogens (tertiary/aromatic N) is 1. The molecule has 0 saturated carbocycles. The van der Waals surface area contributed by atoms with E-state index in [4.69, 9.17) is 9.47 Å². The number of fused-ring (bicyclic) bond motifs is 3. The highest BCUT2D eigenvalue weighted by Gasteiger charge is 2.20. The highest BCUT2D eigenvalue weighted by Crippen LogP contribution is 2.37. The van der Waals surface area contributed by atoms with Gasteiger partial charge in [0.05, 0.1) is 23.3 Å². The second kappa shape index (κ2) is 7.57. The van der Waals surface area contributed by atoms with Crippen molar-refractivity contribution in [2.45, 2.75) is 45.3 Å². The number of hydrogen-bond donors (Lipinski definition) is 0. The van der Waals surface area contributed by atoms with Crippen molar-refractivity contribution >= 4 is 21.8 Å². The summed E-state index contributed by atoms with van der Waals surface area (Å²) >= 11 is 0. The topological polar surface area (TPSA) is 23.4 Å². The van der Waals surface area contributed by atoms with Crippen molar-refractivity contribution in [2.75, 3.05) is 6.61 Å². The predicted molar refractivity (Wildman–Crippen MR) is 119 cm³/mol. The van der Waals surface area contributed by atoms with Crippen LogP contribution in [0, 0.1) is 0 Å². The largest absolute Gasteiger partial charge is 0.463 e. The van der Waals surface area contributed by atoms with Gasteiger partial charge in [-0.2, -0.15) is 0 Å². The lowest BCUT2D eigenvalue weighted by Gasteiger charge is -2.25. The number of benzene rings is 3. The summed E-state index contributed by atoms with van der Waals surface area (Å²) in [7, 11) is 0. The Bertz CT molecular complexity index is 1100. The van der Waals surface area contributed by atoms with E-state index in [1.165, 1.54) is 27.4 Å². The molecule has 1 atom stereocenters. The quantitative estimate of drug-likeness (QED) is 0.385. The molecule has 3 aromatic carbocycles. The number of hydrogen-bond acceptors (Lipinski definition) is 2. The van der Waals surface area contributed by atoms with Gasteiger partial charge < -0.3 is 14.0 Å². The van der Waals surface area contributed by atoms with E-state index < -0.39 is 0 Å².